The van der Waals surface area contributed by atoms with Crippen LogP contribution >= 0.6 is 0 Å². The Bertz CT molecular complexity index is 681. The molecule has 4 nitrogen and oxygen atoms in total. The molecule has 1 N–H and O–H groups in total. The minimum Gasteiger partial charge on any atom is -0.490 e. The molecule has 1 aromatic heterocycles. The largest absolute Gasteiger partial charge is 0.490 e. The summed E-state index contributed by atoms with van der Waals surface area (Å²) >= 11 is 0. The summed E-state index contributed by atoms with van der Waals surface area (Å²) in [6, 6.07) is 10.1. The number of piperidine rings is 1. The van der Waals surface area contributed by atoms with E-state index in [4.69, 9.17) is 9.15 Å². The maximum absolute atomic E-state index is 11.3. The van der Waals surface area contributed by atoms with Gasteiger partial charge in [-0.3, -0.25) is 0 Å². The molecular weight excluding hydrogens is 254 g/mol. The SMILES string of the molecule is O=c1ccc2ccc(OC3C[C@@H]4CC[C@@H](C3)N4)cc2o1. The van der Waals surface area contributed by atoms with E-state index in [1.807, 2.05) is 18.2 Å². The third-order valence-electron chi connectivity index (χ3n) is 4.33. The molecule has 2 saturated heterocycles. The molecular formula is C16H17NO3. The molecule has 2 aliphatic rings. The van der Waals surface area contributed by atoms with Gasteiger partial charge in [0, 0.05) is 29.6 Å². The minimum atomic E-state index is -0.324. The predicted octanol–water partition coefficient (Wildman–Crippen LogP) is 2.45. The van der Waals surface area contributed by atoms with Crippen LogP contribution in [0.5, 0.6) is 5.75 Å². The highest BCUT2D eigenvalue weighted by Gasteiger charge is 2.34. The fourth-order valence-electron chi connectivity index (χ4n) is 3.41. The normalized spacial score (nSPS) is 28.7. The Kier molecular flexibility index (Phi) is 2.77. The zero-order chi connectivity index (χ0) is 13.5. The third-order valence-corrected chi connectivity index (χ3v) is 4.33. The zero-order valence-electron chi connectivity index (χ0n) is 11.2. The van der Waals surface area contributed by atoms with E-state index in [2.05, 4.69) is 5.32 Å². The van der Waals surface area contributed by atoms with Crippen LogP contribution in [0.1, 0.15) is 25.7 Å². The fourth-order valence-corrected chi connectivity index (χ4v) is 3.41. The molecule has 4 heteroatoms. The van der Waals surface area contributed by atoms with E-state index in [-0.39, 0.29) is 11.7 Å². The van der Waals surface area contributed by atoms with E-state index in [9.17, 15) is 4.79 Å². The third kappa shape index (κ3) is 2.20. The number of fused-ring (bicyclic) bond motifs is 3. The van der Waals surface area contributed by atoms with Gasteiger partial charge in [-0.15, -0.1) is 0 Å². The summed E-state index contributed by atoms with van der Waals surface area (Å²) in [7, 11) is 0. The van der Waals surface area contributed by atoms with Crippen LogP contribution in [0.3, 0.4) is 0 Å². The van der Waals surface area contributed by atoms with Gasteiger partial charge in [0.05, 0.1) is 0 Å². The molecule has 2 bridgehead atoms. The lowest BCUT2D eigenvalue weighted by Crippen LogP contribution is -2.42. The fraction of sp³-hybridized carbons (Fsp3) is 0.438. The van der Waals surface area contributed by atoms with Crippen molar-refractivity contribution in [3.05, 3.63) is 40.8 Å². The van der Waals surface area contributed by atoms with Gasteiger partial charge in [0.2, 0.25) is 0 Å². The van der Waals surface area contributed by atoms with Crippen LogP contribution in [0.4, 0.5) is 0 Å². The average Bonchev–Trinajstić information content (AvgIpc) is 2.77. The quantitative estimate of drug-likeness (QED) is 0.852. The van der Waals surface area contributed by atoms with Crippen molar-refractivity contribution in [3.63, 3.8) is 0 Å². The Morgan fingerprint density at radius 1 is 1.10 bits per heavy atom. The van der Waals surface area contributed by atoms with Crippen molar-refractivity contribution in [1.29, 1.82) is 0 Å². The molecule has 0 amide bonds. The molecule has 2 atom stereocenters. The summed E-state index contributed by atoms with van der Waals surface area (Å²) < 4.78 is 11.3. The first-order chi connectivity index (χ1) is 9.76. The summed E-state index contributed by atoms with van der Waals surface area (Å²) in [6.45, 7) is 0. The molecule has 0 aliphatic carbocycles. The predicted molar refractivity (Wildman–Crippen MR) is 76.1 cm³/mol. The second-order valence-corrected chi connectivity index (χ2v) is 5.80. The number of hydrogen-bond acceptors (Lipinski definition) is 4. The minimum absolute atomic E-state index is 0.265. The van der Waals surface area contributed by atoms with Crippen molar-refractivity contribution < 1.29 is 9.15 Å². The Morgan fingerprint density at radius 2 is 1.85 bits per heavy atom. The first kappa shape index (κ1) is 12.0. The lowest BCUT2D eigenvalue weighted by atomic mass is 10.0. The summed E-state index contributed by atoms with van der Waals surface area (Å²) in [6.07, 6.45) is 4.91. The van der Waals surface area contributed by atoms with E-state index in [1.54, 1.807) is 6.07 Å². The average molecular weight is 271 g/mol. The van der Waals surface area contributed by atoms with Crippen molar-refractivity contribution >= 4 is 11.0 Å². The summed E-state index contributed by atoms with van der Waals surface area (Å²) in [5.41, 5.74) is 0.265. The van der Waals surface area contributed by atoms with Crippen molar-refractivity contribution in [2.75, 3.05) is 0 Å². The maximum Gasteiger partial charge on any atom is 0.336 e. The van der Waals surface area contributed by atoms with Crippen molar-refractivity contribution in [2.45, 2.75) is 43.9 Å². The Hall–Kier alpha value is -1.81. The van der Waals surface area contributed by atoms with Gasteiger partial charge in [-0.05, 0) is 43.9 Å². The smallest absolute Gasteiger partial charge is 0.336 e. The number of nitrogens with one attached hydrogen (secondary N) is 1. The van der Waals surface area contributed by atoms with Gasteiger partial charge in [0.1, 0.15) is 17.4 Å². The molecule has 0 saturated carbocycles. The van der Waals surface area contributed by atoms with Crippen LogP contribution in [0, 0.1) is 0 Å². The molecule has 0 radical (unpaired) electrons. The lowest BCUT2D eigenvalue weighted by molar-refractivity contribution is 0.137. The molecule has 20 heavy (non-hydrogen) atoms. The number of hydrogen-bond donors (Lipinski definition) is 1. The zero-order valence-corrected chi connectivity index (χ0v) is 11.2. The van der Waals surface area contributed by atoms with Gasteiger partial charge >= 0.3 is 5.63 Å². The van der Waals surface area contributed by atoms with Crippen molar-refractivity contribution in [1.82, 2.24) is 5.32 Å². The summed E-state index contributed by atoms with van der Waals surface area (Å²) in [4.78, 5) is 11.3. The van der Waals surface area contributed by atoms with Crippen LogP contribution in [0.2, 0.25) is 0 Å². The van der Waals surface area contributed by atoms with Gasteiger partial charge in [-0.2, -0.15) is 0 Å². The highest BCUT2D eigenvalue weighted by Crippen LogP contribution is 2.30. The first-order valence-corrected chi connectivity index (χ1v) is 7.23. The highest BCUT2D eigenvalue weighted by molar-refractivity contribution is 5.77. The van der Waals surface area contributed by atoms with E-state index in [1.165, 1.54) is 18.9 Å². The molecule has 2 fully saturated rings. The molecule has 4 rings (SSSR count). The van der Waals surface area contributed by atoms with Gasteiger partial charge in [-0.1, -0.05) is 0 Å². The van der Waals surface area contributed by atoms with Gasteiger partial charge in [0.25, 0.3) is 0 Å². The van der Waals surface area contributed by atoms with Crippen LogP contribution < -0.4 is 15.7 Å². The monoisotopic (exact) mass is 271 g/mol. The summed E-state index contributed by atoms with van der Waals surface area (Å²) in [5, 5.41) is 4.52. The summed E-state index contributed by atoms with van der Waals surface area (Å²) in [5.74, 6) is 0.790. The molecule has 2 aromatic rings. The number of ether oxygens (including phenoxy) is 1. The second kappa shape index (κ2) is 4.63. The van der Waals surface area contributed by atoms with Crippen molar-refractivity contribution in [3.8, 4) is 5.75 Å². The highest BCUT2D eigenvalue weighted by atomic mass is 16.5. The van der Waals surface area contributed by atoms with Gasteiger partial charge in [-0.25, -0.2) is 4.79 Å². The molecule has 3 heterocycles. The number of benzene rings is 1. The van der Waals surface area contributed by atoms with Gasteiger partial charge in [0.15, 0.2) is 0 Å². The standard InChI is InChI=1S/C16H17NO3/c18-16-6-2-10-1-5-13(9-15(10)20-16)19-14-7-11-3-4-12(8-14)17-11/h1-2,5-6,9,11-12,14,17H,3-4,7-8H2/t11-,12-/m0/s1. The Balaban J connectivity index is 1.57. The molecule has 2 aliphatic heterocycles. The van der Waals surface area contributed by atoms with Gasteiger partial charge < -0.3 is 14.5 Å². The van der Waals surface area contributed by atoms with Crippen LogP contribution in [0.15, 0.2) is 39.5 Å². The van der Waals surface area contributed by atoms with E-state index < -0.39 is 0 Å². The molecule has 0 spiro atoms. The van der Waals surface area contributed by atoms with E-state index in [0.29, 0.717) is 17.7 Å². The van der Waals surface area contributed by atoms with E-state index in [0.717, 1.165) is 24.0 Å². The molecule has 1 aromatic carbocycles. The second-order valence-electron chi connectivity index (χ2n) is 5.80. The Labute approximate surface area is 116 Å². The number of rotatable bonds is 2. The van der Waals surface area contributed by atoms with Crippen LogP contribution in [-0.4, -0.2) is 18.2 Å². The lowest BCUT2D eigenvalue weighted by Gasteiger charge is -2.29. The molecule has 104 valence electrons. The maximum atomic E-state index is 11.3. The first-order valence-electron chi connectivity index (χ1n) is 7.23. The van der Waals surface area contributed by atoms with Crippen molar-refractivity contribution in [2.24, 2.45) is 0 Å². The topological polar surface area (TPSA) is 51.5 Å². The van der Waals surface area contributed by atoms with Crippen LogP contribution in [-0.2, 0) is 0 Å². The van der Waals surface area contributed by atoms with E-state index >= 15 is 0 Å². The molecule has 0 unspecified atom stereocenters. The Morgan fingerprint density at radius 3 is 2.65 bits per heavy atom. The van der Waals surface area contributed by atoms with Crippen LogP contribution in [0.25, 0.3) is 11.0 Å².